The van der Waals surface area contributed by atoms with Gasteiger partial charge in [0.15, 0.2) is 0 Å². The standard InChI is InChI=1S/C26H30N6O3/c1-5-9-28-22-18(13-27)12-19(14-29-22)24-30-23(31-35-24)17-6-7-20-16(11-17)8-10-32(25(33)34)15-21(20)26(2,3)4/h6-7,11-12,14,21H,5,8-10,15H2,1-4H3,(H,28,29)(H,33,34). The maximum absolute atomic E-state index is 11.7. The zero-order chi connectivity index (χ0) is 25.2. The first kappa shape index (κ1) is 24.2. The Bertz CT molecular complexity index is 1270. The van der Waals surface area contributed by atoms with Crippen LogP contribution in [0.1, 0.15) is 56.7 Å². The monoisotopic (exact) mass is 474 g/mol. The first-order valence-corrected chi connectivity index (χ1v) is 11.8. The van der Waals surface area contributed by atoms with E-state index in [0.717, 1.165) is 29.7 Å². The van der Waals surface area contributed by atoms with Crippen LogP contribution in [0.5, 0.6) is 0 Å². The third-order valence-electron chi connectivity index (χ3n) is 6.37. The average molecular weight is 475 g/mol. The summed E-state index contributed by atoms with van der Waals surface area (Å²) in [5.74, 6) is 1.32. The number of amides is 1. The van der Waals surface area contributed by atoms with Crippen LogP contribution in [-0.2, 0) is 6.42 Å². The molecule has 9 nitrogen and oxygen atoms in total. The van der Waals surface area contributed by atoms with Crippen molar-refractivity contribution in [2.24, 2.45) is 5.41 Å². The number of anilines is 1. The predicted molar refractivity (Wildman–Crippen MR) is 132 cm³/mol. The molecule has 0 aliphatic carbocycles. The van der Waals surface area contributed by atoms with Gasteiger partial charge in [-0.15, -0.1) is 0 Å². The minimum absolute atomic E-state index is 0.0706. The molecule has 1 atom stereocenters. The molecule has 2 aromatic heterocycles. The van der Waals surface area contributed by atoms with Gasteiger partial charge in [0.05, 0.1) is 11.1 Å². The Balaban J connectivity index is 1.65. The van der Waals surface area contributed by atoms with Crippen LogP contribution >= 0.6 is 0 Å². The van der Waals surface area contributed by atoms with Gasteiger partial charge in [0, 0.05) is 37.3 Å². The molecule has 0 saturated heterocycles. The highest BCUT2D eigenvalue weighted by atomic mass is 16.5. The SMILES string of the molecule is CCCNc1ncc(-c2nc(-c3ccc4c(c3)CCN(C(=O)O)CC4C(C)(C)C)no2)cc1C#N. The summed E-state index contributed by atoms with van der Waals surface area (Å²) in [4.78, 5) is 22.1. The summed E-state index contributed by atoms with van der Waals surface area (Å²) in [6.45, 7) is 10.1. The number of pyridine rings is 1. The van der Waals surface area contributed by atoms with E-state index in [1.807, 2.05) is 19.1 Å². The molecule has 1 aromatic carbocycles. The number of rotatable bonds is 5. The molecule has 1 aliphatic heterocycles. The number of hydrogen-bond donors (Lipinski definition) is 2. The van der Waals surface area contributed by atoms with Crippen molar-refractivity contribution in [2.75, 3.05) is 25.0 Å². The summed E-state index contributed by atoms with van der Waals surface area (Å²) in [5.41, 5.74) is 3.94. The van der Waals surface area contributed by atoms with Crippen molar-refractivity contribution in [2.45, 2.75) is 46.5 Å². The minimum atomic E-state index is -0.892. The number of nitrogens with zero attached hydrogens (tertiary/aromatic N) is 5. The minimum Gasteiger partial charge on any atom is -0.465 e. The molecule has 0 spiro atoms. The normalized spacial score (nSPS) is 15.7. The molecule has 0 fully saturated rings. The fraction of sp³-hybridized carbons (Fsp3) is 0.423. The number of carboxylic acid groups (broad SMARTS) is 1. The third-order valence-corrected chi connectivity index (χ3v) is 6.37. The van der Waals surface area contributed by atoms with Crippen LogP contribution in [0.3, 0.4) is 0 Å². The number of nitrogens with one attached hydrogen (secondary N) is 1. The summed E-state index contributed by atoms with van der Waals surface area (Å²) in [6, 6.07) is 9.90. The lowest BCUT2D eigenvalue weighted by Crippen LogP contribution is -2.36. The van der Waals surface area contributed by atoms with Crippen LogP contribution in [0.2, 0.25) is 0 Å². The van der Waals surface area contributed by atoms with Crippen LogP contribution in [-0.4, -0.2) is 50.9 Å². The highest BCUT2D eigenvalue weighted by Gasteiger charge is 2.33. The fourth-order valence-electron chi connectivity index (χ4n) is 4.39. The Hall–Kier alpha value is -3.93. The van der Waals surface area contributed by atoms with Crippen molar-refractivity contribution in [3.05, 3.63) is 47.2 Å². The van der Waals surface area contributed by atoms with Crippen molar-refractivity contribution in [1.82, 2.24) is 20.0 Å². The summed E-state index contributed by atoms with van der Waals surface area (Å²) < 4.78 is 5.50. The van der Waals surface area contributed by atoms with Crippen LogP contribution in [0, 0.1) is 16.7 Å². The molecule has 0 saturated carbocycles. The smallest absolute Gasteiger partial charge is 0.407 e. The van der Waals surface area contributed by atoms with E-state index in [1.165, 1.54) is 4.90 Å². The third kappa shape index (κ3) is 5.11. The van der Waals surface area contributed by atoms with Gasteiger partial charge in [-0.3, -0.25) is 0 Å². The topological polar surface area (TPSA) is 128 Å². The maximum Gasteiger partial charge on any atom is 0.407 e. The molecule has 9 heteroatoms. The van der Waals surface area contributed by atoms with Gasteiger partial charge in [-0.05, 0) is 41.5 Å². The molecule has 4 rings (SSSR count). The van der Waals surface area contributed by atoms with Gasteiger partial charge in [-0.1, -0.05) is 45.0 Å². The Kier molecular flexibility index (Phi) is 6.74. The molecule has 182 valence electrons. The van der Waals surface area contributed by atoms with E-state index in [-0.39, 0.29) is 17.2 Å². The van der Waals surface area contributed by atoms with Gasteiger partial charge >= 0.3 is 6.09 Å². The number of aromatic nitrogens is 3. The molecule has 3 aromatic rings. The lowest BCUT2D eigenvalue weighted by Gasteiger charge is -2.33. The van der Waals surface area contributed by atoms with Gasteiger partial charge in [0.1, 0.15) is 11.9 Å². The second-order valence-corrected chi connectivity index (χ2v) is 9.89. The van der Waals surface area contributed by atoms with Crippen LogP contribution in [0.15, 0.2) is 35.0 Å². The number of carbonyl (C=O) groups is 1. The second-order valence-electron chi connectivity index (χ2n) is 9.89. The molecule has 2 N–H and O–H groups in total. The molecule has 1 aliphatic rings. The quantitative estimate of drug-likeness (QED) is 0.519. The Morgan fingerprint density at radius 1 is 1.31 bits per heavy atom. The lowest BCUT2D eigenvalue weighted by atomic mass is 9.75. The Labute approximate surface area is 204 Å². The first-order chi connectivity index (χ1) is 16.7. The van der Waals surface area contributed by atoms with Crippen molar-refractivity contribution in [3.63, 3.8) is 0 Å². The van der Waals surface area contributed by atoms with E-state index < -0.39 is 6.09 Å². The molecule has 1 amide bonds. The van der Waals surface area contributed by atoms with E-state index >= 15 is 0 Å². The molecule has 0 bridgehead atoms. The van der Waals surface area contributed by atoms with Gasteiger partial charge in [-0.2, -0.15) is 10.2 Å². The first-order valence-electron chi connectivity index (χ1n) is 11.8. The molecule has 35 heavy (non-hydrogen) atoms. The number of hydrogen-bond acceptors (Lipinski definition) is 7. The summed E-state index contributed by atoms with van der Waals surface area (Å²) in [7, 11) is 0. The molecule has 1 unspecified atom stereocenters. The van der Waals surface area contributed by atoms with Crippen molar-refractivity contribution < 1.29 is 14.4 Å². The molecule has 3 heterocycles. The number of fused-ring (bicyclic) bond motifs is 1. The number of nitriles is 1. The molecular weight excluding hydrogens is 444 g/mol. The maximum atomic E-state index is 11.7. The van der Waals surface area contributed by atoms with E-state index in [4.69, 9.17) is 4.52 Å². The lowest BCUT2D eigenvalue weighted by molar-refractivity contribution is 0.135. The predicted octanol–water partition coefficient (Wildman–Crippen LogP) is 5.16. The van der Waals surface area contributed by atoms with E-state index in [0.29, 0.717) is 42.3 Å². The number of benzene rings is 1. The highest BCUT2D eigenvalue weighted by molar-refractivity contribution is 5.67. The van der Waals surface area contributed by atoms with Crippen molar-refractivity contribution >= 4 is 11.9 Å². The van der Waals surface area contributed by atoms with Crippen LogP contribution in [0.4, 0.5) is 10.6 Å². The van der Waals surface area contributed by atoms with Gasteiger partial charge in [0.25, 0.3) is 5.89 Å². The zero-order valence-electron chi connectivity index (χ0n) is 20.5. The van der Waals surface area contributed by atoms with Gasteiger partial charge < -0.3 is 19.8 Å². The van der Waals surface area contributed by atoms with E-state index in [2.05, 4.69) is 53.3 Å². The fourth-order valence-corrected chi connectivity index (χ4v) is 4.39. The van der Waals surface area contributed by atoms with Gasteiger partial charge in [0.2, 0.25) is 5.82 Å². The molecule has 0 radical (unpaired) electrons. The second kappa shape index (κ2) is 9.74. The Morgan fingerprint density at radius 2 is 2.11 bits per heavy atom. The largest absolute Gasteiger partial charge is 0.465 e. The van der Waals surface area contributed by atoms with Crippen molar-refractivity contribution in [1.29, 1.82) is 5.26 Å². The van der Waals surface area contributed by atoms with E-state index in [9.17, 15) is 15.2 Å². The summed E-state index contributed by atoms with van der Waals surface area (Å²) in [6.07, 6.45) is 2.26. The molecular formula is C26H30N6O3. The van der Waals surface area contributed by atoms with Crippen LogP contribution < -0.4 is 5.32 Å². The van der Waals surface area contributed by atoms with Crippen LogP contribution in [0.25, 0.3) is 22.8 Å². The zero-order valence-corrected chi connectivity index (χ0v) is 20.5. The van der Waals surface area contributed by atoms with Gasteiger partial charge in [-0.25, -0.2) is 9.78 Å². The highest BCUT2D eigenvalue weighted by Crippen LogP contribution is 2.40. The Morgan fingerprint density at radius 3 is 2.80 bits per heavy atom. The van der Waals surface area contributed by atoms with Crippen molar-refractivity contribution in [3.8, 4) is 28.9 Å². The summed E-state index contributed by atoms with van der Waals surface area (Å²) in [5, 5.41) is 26.4. The summed E-state index contributed by atoms with van der Waals surface area (Å²) >= 11 is 0. The van der Waals surface area contributed by atoms with E-state index in [1.54, 1.807) is 12.3 Å². The average Bonchev–Trinajstić information content (AvgIpc) is 3.23.